The summed E-state index contributed by atoms with van der Waals surface area (Å²) in [6.45, 7) is 0.205. The average Bonchev–Trinajstić information content (AvgIpc) is 2.44. The molecule has 0 aliphatic carbocycles. The highest BCUT2D eigenvalue weighted by atomic mass is 35.5. The van der Waals surface area contributed by atoms with E-state index in [2.05, 4.69) is 10.4 Å². The maximum Gasteiger partial charge on any atom is 0.287 e. The molecule has 0 amide bonds. The number of hydrogen-bond acceptors (Lipinski definition) is 4. The standard InChI is InChI=1S/C13H13Cl2N3O2/c1-18-13(20)12(15)10(6-17-18)16-7-11(19)8-2-4-9(14)5-3-8/h2-6,11,16,19H,7H2,1H3/t11-/m1/s1. The number of anilines is 1. The SMILES string of the molecule is Cn1ncc(NC[C@@H](O)c2ccc(Cl)cc2)c(Cl)c1=O. The minimum atomic E-state index is -0.743. The van der Waals surface area contributed by atoms with Gasteiger partial charge in [-0.25, -0.2) is 4.68 Å². The number of hydrogen-bond donors (Lipinski definition) is 2. The molecule has 1 aromatic carbocycles. The van der Waals surface area contributed by atoms with Gasteiger partial charge in [0.1, 0.15) is 5.02 Å². The van der Waals surface area contributed by atoms with Crippen LogP contribution in [-0.2, 0) is 7.05 Å². The van der Waals surface area contributed by atoms with E-state index in [1.54, 1.807) is 24.3 Å². The molecule has 2 rings (SSSR count). The number of nitrogens with one attached hydrogen (secondary N) is 1. The van der Waals surface area contributed by atoms with Gasteiger partial charge in [0.05, 0.1) is 18.0 Å². The van der Waals surface area contributed by atoms with Crippen molar-refractivity contribution in [3.63, 3.8) is 0 Å². The van der Waals surface area contributed by atoms with Crippen LogP contribution in [-0.4, -0.2) is 21.4 Å². The molecular formula is C13H13Cl2N3O2. The van der Waals surface area contributed by atoms with Crippen molar-refractivity contribution >= 4 is 28.9 Å². The Morgan fingerprint density at radius 3 is 2.65 bits per heavy atom. The van der Waals surface area contributed by atoms with E-state index in [1.165, 1.54) is 13.2 Å². The van der Waals surface area contributed by atoms with Crippen molar-refractivity contribution in [1.29, 1.82) is 0 Å². The van der Waals surface area contributed by atoms with E-state index in [-0.39, 0.29) is 11.6 Å². The summed E-state index contributed by atoms with van der Waals surface area (Å²) in [5.74, 6) is 0. The molecule has 5 nitrogen and oxygen atoms in total. The summed E-state index contributed by atoms with van der Waals surface area (Å²) in [4.78, 5) is 11.6. The van der Waals surface area contributed by atoms with Gasteiger partial charge in [0, 0.05) is 18.6 Å². The molecule has 20 heavy (non-hydrogen) atoms. The molecule has 0 aliphatic rings. The predicted molar refractivity (Wildman–Crippen MR) is 79.4 cm³/mol. The van der Waals surface area contributed by atoms with Crippen molar-refractivity contribution < 1.29 is 5.11 Å². The normalized spacial score (nSPS) is 12.2. The summed E-state index contributed by atoms with van der Waals surface area (Å²) in [7, 11) is 1.51. The Hall–Kier alpha value is -1.56. The summed E-state index contributed by atoms with van der Waals surface area (Å²) in [6.07, 6.45) is 0.700. The lowest BCUT2D eigenvalue weighted by molar-refractivity contribution is 0.191. The Balaban J connectivity index is 2.07. The largest absolute Gasteiger partial charge is 0.387 e. The van der Waals surface area contributed by atoms with Crippen LogP contribution >= 0.6 is 23.2 Å². The molecule has 0 bridgehead atoms. The van der Waals surface area contributed by atoms with E-state index < -0.39 is 11.7 Å². The second-order valence-corrected chi connectivity index (χ2v) is 5.06. The smallest absolute Gasteiger partial charge is 0.287 e. The third-order valence-corrected chi connectivity index (χ3v) is 3.44. The number of rotatable bonds is 4. The number of halogens is 2. The third-order valence-electron chi connectivity index (χ3n) is 2.82. The van der Waals surface area contributed by atoms with Crippen LogP contribution in [0.3, 0.4) is 0 Å². The van der Waals surface area contributed by atoms with Crippen LogP contribution in [0.15, 0.2) is 35.3 Å². The van der Waals surface area contributed by atoms with Crippen LogP contribution in [0.4, 0.5) is 5.69 Å². The molecule has 2 N–H and O–H groups in total. The molecule has 7 heteroatoms. The highest BCUT2D eigenvalue weighted by molar-refractivity contribution is 6.32. The van der Waals surface area contributed by atoms with Crippen LogP contribution in [0.25, 0.3) is 0 Å². The Bertz CT molecular complexity index is 656. The minimum absolute atomic E-state index is 0.0470. The van der Waals surface area contributed by atoms with E-state index in [1.807, 2.05) is 0 Å². The van der Waals surface area contributed by atoms with Crippen LogP contribution in [0.5, 0.6) is 0 Å². The number of benzene rings is 1. The van der Waals surface area contributed by atoms with Gasteiger partial charge in [-0.3, -0.25) is 4.79 Å². The monoisotopic (exact) mass is 313 g/mol. The second-order valence-electron chi connectivity index (χ2n) is 4.25. The number of nitrogens with zero attached hydrogens (tertiary/aromatic N) is 2. The van der Waals surface area contributed by atoms with Crippen molar-refractivity contribution in [2.45, 2.75) is 6.10 Å². The maximum atomic E-state index is 11.6. The molecule has 0 aliphatic heterocycles. The molecule has 0 spiro atoms. The average molecular weight is 314 g/mol. The lowest BCUT2D eigenvalue weighted by Crippen LogP contribution is -2.22. The highest BCUT2D eigenvalue weighted by Gasteiger charge is 2.11. The summed E-state index contributed by atoms with van der Waals surface area (Å²) in [6, 6.07) is 6.87. The molecule has 106 valence electrons. The van der Waals surface area contributed by atoms with Gasteiger partial charge >= 0.3 is 0 Å². The van der Waals surface area contributed by atoms with Gasteiger partial charge in [0.15, 0.2) is 0 Å². The minimum Gasteiger partial charge on any atom is -0.387 e. The lowest BCUT2D eigenvalue weighted by Gasteiger charge is -2.14. The van der Waals surface area contributed by atoms with Crippen LogP contribution in [0.2, 0.25) is 10.0 Å². The molecule has 0 fully saturated rings. The van der Waals surface area contributed by atoms with Crippen molar-refractivity contribution in [3.8, 4) is 0 Å². The highest BCUT2D eigenvalue weighted by Crippen LogP contribution is 2.19. The van der Waals surface area contributed by atoms with Crippen LogP contribution in [0, 0.1) is 0 Å². The Kier molecular flexibility index (Phi) is 4.65. The van der Waals surface area contributed by atoms with Crippen molar-refractivity contribution in [2.24, 2.45) is 7.05 Å². The quantitative estimate of drug-likeness (QED) is 0.908. The van der Waals surface area contributed by atoms with E-state index in [0.29, 0.717) is 10.7 Å². The first-order valence-electron chi connectivity index (χ1n) is 5.88. The zero-order valence-electron chi connectivity index (χ0n) is 10.7. The summed E-state index contributed by atoms with van der Waals surface area (Å²) in [5, 5.41) is 17.4. The predicted octanol–water partition coefficient (Wildman–Crippen LogP) is 2.23. The summed E-state index contributed by atoms with van der Waals surface area (Å²) in [5.41, 5.74) is 0.718. The first-order valence-corrected chi connectivity index (χ1v) is 6.64. The Morgan fingerprint density at radius 1 is 1.35 bits per heavy atom. The molecule has 0 saturated heterocycles. The van der Waals surface area contributed by atoms with Gasteiger partial charge in [-0.05, 0) is 17.7 Å². The van der Waals surface area contributed by atoms with Crippen molar-refractivity contribution in [2.75, 3.05) is 11.9 Å². The number of aliphatic hydroxyl groups is 1. The number of aryl methyl sites for hydroxylation is 1. The summed E-state index contributed by atoms with van der Waals surface area (Å²) >= 11 is 11.7. The molecule has 1 heterocycles. The first-order chi connectivity index (χ1) is 9.49. The van der Waals surface area contributed by atoms with Gasteiger partial charge in [0.2, 0.25) is 0 Å². The molecule has 2 aromatic rings. The van der Waals surface area contributed by atoms with Crippen LogP contribution in [0.1, 0.15) is 11.7 Å². The van der Waals surface area contributed by atoms with Gasteiger partial charge in [-0.15, -0.1) is 0 Å². The fourth-order valence-corrected chi connectivity index (χ4v) is 2.01. The van der Waals surface area contributed by atoms with Crippen molar-refractivity contribution in [1.82, 2.24) is 9.78 Å². The fraction of sp³-hybridized carbons (Fsp3) is 0.231. The topological polar surface area (TPSA) is 67.2 Å². The van der Waals surface area contributed by atoms with E-state index >= 15 is 0 Å². The zero-order valence-corrected chi connectivity index (χ0v) is 12.2. The number of aliphatic hydroxyl groups excluding tert-OH is 1. The van der Waals surface area contributed by atoms with Gasteiger partial charge in [0.25, 0.3) is 5.56 Å². The second kappa shape index (κ2) is 6.26. The maximum absolute atomic E-state index is 11.6. The molecule has 1 atom stereocenters. The molecule has 0 radical (unpaired) electrons. The first kappa shape index (κ1) is 14.8. The van der Waals surface area contributed by atoms with E-state index in [9.17, 15) is 9.90 Å². The van der Waals surface area contributed by atoms with Gasteiger partial charge in [-0.2, -0.15) is 5.10 Å². The molecular weight excluding hydrogens is 301 g/mol. The van der Waals surface area contributed by atoms with E-state index in [0.717, 1.165) is 10.2 Å². The van der Waals surface area contributed by atoms with E-state index in [4.69, 9.17) is 23.2 Å². The van der Waals surface area contributed by atoms with Gasteiger partial charge < -0.3 is 10.4 Å². The lowest BCUT2D eigenvalue weighted by atomic mass is 10.1. The zero-order chi connectivity index (χ0) is 14.7. The molecule has 1 aromatic heterocycles. The van der Waals surface area contributed by atoms with Crippen LogP contribution < -0.4 is 10.9 Å². The molecule has 0 saturated carbocycles. The third kappa shape index (κ3) is 3.30. The molecule has 0 unspecified atom stereocenters. The Labute approximate surface area is 125 Å². The Morgan fingerprint density at radius 2 is 2.00 bits per heavy atom. The summed E-state index contributed by atoms with van der Waals surface area (Å²) < 4.78 is 1.14. The number of aromatic nitrogens is 2. The fourth-order valence-electron chi connectivity index (χ4n) is 1.64. The van der Waals surface area contributed by atoms with Crippen molar-refractivity contribution in [3.05, 3.63) is 56.4 Å². The van der Waals surface area contributed by atoms with Gasteiger partial charge in [-0.1, -0.05) is 35.3 Å².